The van der Waals surface area contributed by atoms with Crippen molar-refractivity contribution in [2.24, 2.45) is 0 Å². The van der Waals surface area contributed by atoms with Crippen LogP contribution in [-0.2, 0) is 14.3 Å². The molecule has 0 unspecified atom stereocenters. The molecule has 1 amide bonds. The number of aliphatic hydroxyl groups excluding tert-OH is 1. The lowest BCUT2D eigenvalue weighted by Gasteiger charge is -2.31. The number of nitrogens with zero attached hydrogens (tertiary/aromatic N) is 2. The maximum Gasteiger partial charge on any atom is 0.295 e. The number of ketones is 1. The van der Waals surface area contributed by atoms with E-state index in [0.29, 0.717) is 32.8 Å². The van der Waals surface area contributed by atoms with Crippen molar-refractivity contribution in [3.8, 4) is 0 Å². The summed E-state index contributed by atoms with van der Waals surface area (Å²) >= 11 is 0. The van der Waals surface area contributed by atoms with Crippen LogP contribution in [0.25, 0.3) is 5.76 Å². The first kappa shape index (κ1) is 21.1. The van der Waals surface area contributed by atoms with Gasteiger partial charge in [-0.3, -0.25) is 14.5 Å². The molecule has 0 spiro atoms. The second-order valence-corrected chi connectivity index (χ2v) is 7.47. The highest BCUT2D eigenvalue weighted by Crippen LogP contribution is 2.40. The molecule has 31 heavy (non-hydrogen) atoms. The SMILES string of the molecule is O=C1C(=O)N(CCN2CCOCC2)[C@H](c2ccccc2F)/C1=C(\O)c1ccc(F)cc1. The van der Waals surface area contributed by atoms with Gasteiger partial charge in [0.1, 0.15) is 17.4 Å². The number of hydrogen-bond donors (Lipinski definition) is 1. The van der Waals surface area contributed by atoms with Gasteiger partial charge in [0, 0.05) is 37.3 Å². The zero-order valence-corrected chi connectivity index (χ0v) is 16.8. The Kier molecular flexibility index (Phi) is 6.11. The summed E-state index contributed by atoms with van der Waals surface area (Å²) in [6.45, 7) is 3.23. The molecule has 0 aliphatic carbocycles. The van der Waals surface area contributed by atoms with Crippen LogP contribution in [0.2, 0.25) is 0 Å². The minimum absolute atomic E-state index is 0.118. The second-order valence-electron chi connectivity index (χ2n) is 7.47. The van der Waals surface area contributed by atoms with Crippen molar-refractivity contribution in [1.29, 1.82) is 0 Å². The Balaban J connectivity index is 1.75. The van der Waals surface area contributed by atoms with Crippen molar-refractivity contribution >= 4 is 17.4 Å². The van der Waals surface area contributed by atoms with Crippen molar-refractivity contribution in [3.05, 3.63) is 76.9 Å². The van der Waals surface area contributed by atoms with Gasteiger partial charge in [-0.25, -0.2) is 8.78 Å². The molecule has 0 saturated carbocycles. The summed E-state index contributed by atoms with van der Waals surface area (Å²) in [7, 11) is 0. The van der Waals surface area contributed by atoms with Crippen molar-refractivity contribution < 1.29 is 28.2 Å². The molecule has 2 aromatic carbocycles. The number of carbonyl (C=O) groups excluding carboxylic acids is 2. The van der Waals surface area contributed by atoms with Crippen molar-refractivity contribution in [2.75, 3.05) is 39.4 Å². The molecule has 2 fully saturated rings. The van der Waals surface area contributed by atoms with Gasteiger partial charge in [0.25, 0.3) is 11.7 Å². The van der Waals surface area contributed by atoms with Gasteiger partial charge in [-0.1, -0.05) is 18.2 Å². The van der Waals surface area contributed by atoms with E-state index in [1.165, 1.54) is 35.2 Å². The number of rotatable bonds is 5. The number of hydrogen-bond acceptors (Lipinski definition) is 5. The van der Waals surface area contributed by atoms with Crippen LogP contribution in [0.4, 0.5) is 8.78 Å². The Morgan fingerprint density at radius 3 is 2.35 bits per heavy atom. The number of likely N-dealkylation sites (tertiary alicyclic amines) is 1. The highest BCUT2D eigenvalue weighted by atomic mass is 19.1. The predicted octanol–water partition coefficient (Wildman–Crippen LogP) is 2.72. The largest absolute Gasteiger partial charge is 0.507 e. The van der Waals surface area contributed by atoms with E-state index in [9.17, 15) is 23.5 Å². The van der Waals surface area contributed by atoms with Gasteiger partial charge < -0.3 is 14.7 Å². The molecular formula is C23H22F2N2O4. The minimum atomic E-state index is -1.08. The Morgan fingerprint density at radius 1 is 1.00 bits per heavy atom. The molecule has 8 heteroatoms. The van der Waals surface area contributed by atoms with Crippen LogP contribution in [0, 0.1) is 11.6 Å². The van der Waals surface area contributed by atoms with Gasteiger partial charge >= 0.3 is 0 Å². The van der Waals surface area contributed by atoms with Crippen molar-refractivity contribution in [1.82, 2.24) is 9.80 Å². The minimum Gasteiger partial charge on any atom is -0.507 e. The third kappa shape index (κ3) is 4.22. The average Bonchev–Trinajstić information content (AvgIpc) is 3.03. The fourth-order valence-corrected chi connectivity index (χ4v) is 3.97. The predicted molar refractivity (Wildman–Crippen MR) is 109 cm³/mol. The Morgan fingerprint density at radius 2 is 1.68 bits per heavy atom. The van der Waals surface area contributed by atoms with Crippen LogP contribution in [0.3, 0.4) is 0 Å². The molecule has 162 valence electrons. The lowest BCUT2D eigenvalue weighted by molar-refractivity contribution is -0.140. The molecule has 2 aromatic rings. The van der Waals surface area contributed by atoms with E-state index in [4.69, 9.17) is 4.74 Å². The molecule has 2 heterocycles. The zero-order chi connectivity index (χ0) is 22.0. The number of morpholine rings is 1. The fourth-order valence-electron chi connectivity index (χ4n) is 3.97. The summed E-state index contributed by atoms with van der Waals surface area (Å²) in [5, 5.41) is 10.9. The molecule has 6 nitrogen and oxygen atoms in total. The molecule has 2 saturated heterocycles. The molecule has 2 aliphatic heterocycles. The number of amides is 1. The van der Waals surface area contributed by atoms with Crippen LogP contribution in [0.1, 0.15) is 17.2 Å². The van der Waals surface area contributed by atoms with E-state index in [-0.39, 0.29) is 23.2 Å². The molecule has 1 N–H and O–H groups in total. The van der Waals surface area contributed by atoms with Gasteiger partial charge in [0.2, 0.25) is 0 Å². The Labute approximate surface area is 178 Å². The Hall–Kier alpha value is -3.10. The molecule has 0 radical (unpaired) electrons. The number of benzene rings is 2. The molecule has 1 atom stereocenters. The number of halogens is 2. The second kappa shape index (κ2) is 8.95. The summed E-state index contributed by atoms with van der Waals surface area (Å²) in [4.78, 5) is 29.2. The summed E-state index contributed by atoms with van der Waals surface area (Å²) < 4.78 is 33.4. The number of ether oxygens (including phenoxy) is 1. The summed E-state index contributed by atoms with van der Waals surface area (Å²) in [6.07, 6.45) is 0. The number of Topliss-reactive ketones (excluding diaryl/α,β-unsaturated/α-hetero) is 1. The normalized spacial score (nSPS) is 21.6. The smallest absolute Gasteiger partial charge is 0.295 e. The van der Waals surface area contributed by atoms with Crippen molar-refractivity contribution in [2.45, 2.75) is 6.04 Å². The maximum absolute atomic E-state index is 14.7. The monoisotopic (exact) mass is 428 g/mol. The van der Waals surface area contributed by atoms with Crippen LogP contribution in [0.15, 0.2) is 54.1 Å². The fraction of sp³-hybridized carbons (Fsp3) is 0.304. The summed E-state index contributed by atoms with van der Waals surface area (Å²) in [5.74, 6) is -3.24. The highest BCUT2D eigenvalue weighted by molar-refractivity contribution is 6.46. The molecule has 0 bridgehead atoms. The molecule has 4 rings (SSSR count). The van der Waals surface area contributed by atoms with E-state index in [0.717, 1.165) is 12.1 Å². The average molecular weight is 428 g/mol. The maximum atomic E-state index is 14.7. The van der Waals surface area contributed by atoms with E-state index in [1.807, 2.05) is 0 Å². The van der Waals surface area contributed by atoms with Crippen molar-refractivity contribution in [3.63, 3.8) is 0 Å². The summed E-state index contributed by atoms with van der Waals surface area (Å²) in [6, 6.07) is 9.68. The lowest BCUT2D eigenvalue weighted by atomic mass is 9.95. The first-order valence-electron chi connectivity index (χ1n) is 10.1. The highest BCUT2D eigenvalue weighted by Gasteiger charge is 2.46. The van der Waals surface area contributed by atoms with E-state index in [2.05, 4.69) is 4.90 Å². The molecule has 2 aliphatic rings. The van der Waals surface area contributed by atoms with Crippen LogP contribution in [0.5, 0.6) is 0 Å². The van der Waals surface area contributed by atoms with Gasteiger partial charge in [0.05, 0.1) is 24.8 Å². The first-order chi connectivity index (χ1) is 15.0. The van der Waals surface area contributed by atoms with E-state index in [1.54, 1.807) is 6.07 Å². The van der Waals surface area contributed by atoms with Crippen LogP contribution in [-0.4, -0.2) is 66.0 Å². The number of aliphatic hydroxyl groups is 1. The quantitative estimate of drug-likeness (QED) is 0.451. The molecular weight excluding hydrogens is 406 g/mol. The van der Waals surface area contributed by atoms with Crippen LogP contribution >= 0.6 is 0 Å². The summed E-state index contributed by atoms with van der Waals surface area (Å²) in [5.41, 5.74) is 0.0879. The van der Waals surface area contributed by atoms with Gasteiger partial charge in [-0.2, -0.15) is 0 Å². The van der Waals surface area contributed by atoms with E-state index < -0.39 is 35.1 Å². The topological polar surface area (TPSA) is 70.1 Å². The number of carbonyl (C=O) groups is 2. The third-order valence-electron chi connectivity index (χ3n) is 5.62. The lowest BCUT2D eigenvalue weighted by Crippen LogP contribution is -2.42. The third-order valence-corrected chi connectivity index (χ3v) is 5.62. The van der Waals surface area contributed by atoms with E-state index >= 15 is 0 Å². The molecule has 0 aromatic heterocycles. The van der Waals surface area contributed by atoms with Gasteiger partial charge in [-0.05, 0) is 30.3 Å². The first-order valence-corrected chi connectivity index (χ1v) is 10.1. The van der Waals surface area contributed by atoms with Gasteiger partial charge in [-0.15, -0.1) is 0 Å². The van der Waals surface area contributed by atoms with Crippen LogP contribution < -0.4 is 0 Å². The standard InChI is InChI=1S/C23H22F2N2O4/c24-16-7-5-15(6-8-16)21(28)19-20(17-3-1-2-4-18(17)25)27(23(30)22(19)29)10-9-26-11-13-31-14-12-26/h1-8,20,28H,9-14H2/b21-19+/t20-/m1/s1. The zero-order valence-electron chi connectivity index (χ0n) is 16.8. The van der Waals surface area contributed by atoms with Gasteiger partial charge in [0.15, 0.2) is 0 Å². The Bertz CT molecular complexity index is 1020.